The second-order valence-electron chi connectivity index (χ2n) is 14.5. The maximum Gasteiger partial charge on any atom is 0.906 e. The van der Waals surface area contributed by atoms with Gasteiger partial charge in [0.1, 0.15) is 0 Å². The molecule has 37 heavy (non-hydrogen) atoms. The molecule has 0 unspecified atom stereocenters. The molecule has 0 spiro atoms. The van der Waals surface area contributed by atoms with Crippen LogP contribution in [0.15, 0.2) is 0 Å². The second kappa shape index (κ2) is 11.4. The molecule has 0 amide bonds. The Labute approximate surface area is 233 Å². The molecule has 0 bridgehead atoms. The molecule has 0 aromatic carbocycles. The zero-order valence-corrected chi connectivity index (χ0v) is 25.8. The summed E-state index contributed by atoms with van der Waals surface area (Å²) in [5, 5.41) is 0. The van der Waals surface area contributed by atoms with E-state index in [0.29, 0.717) is 0 Å². The van der Waals surface area contributed by atoms with Gasteiger partial charge < -0.3 is 11.4 Å². The van der Waals surface area contributed by atoms with E-state index in [-0.39, 0.29) is 16.8 Å². The average Bonchev–Trinajstić information content (AvgIpc) is 3.71. The molecule has 6 aliphatic carbocycles. The number of hydrogen-bond donors (Lipinski definition) is 0. The van der Waals surface area contributed by atoms with E-state index in [0.717, 1.165) is 35.5 Å². The van der Waals surface area contributed by atoms with Crippen LogP contribution in [0.2, 0.25) is 0 Å². The summed E-state index contributed by atoms with van der Waals surface area (Å²) in [6, 6.07) is 0. The summed E-state index contributed by atoms with van der Waals surface area (Å²) in [4.78, 5) is 0. The van der Waals surface area contributed by atoms with E-state index < -0.39 is 15.1 Å². The van der Waals surface area contributed by atoms with Gasteiger partial charge >= 0.3 is 15.1 Å². The summed E-state index contributed by atoms with van der Waals surface area (Å²) >= 11 is -2.33. The normalized spacial score (nSPS) is 25.1. The van der Waals surface area contributed by atoms with Crippen molar-refractivity contribution >= 4 is 15.1 Å². The molecule has 6 rings (SSSR count). The van der Waals surface area contributed by atoms with E-state index in [1.165, 1.54) is 135 Å². The van der Waals surface area contributed by atoms with Crippen LogP contribution < -0.4 is 0 Å². The van der Waals surface area contributed by atoms with Crippen LogP contribution in [0.4, 0.5) is 0 Å². The van der Waals surface area contributed by atoms with Crippen LogP contribution in [0.1, 0.15) is 156 Å². The van der Waals surface area contributed by atoms with Gasteiger partial charge in [0.05, 0.1) is 0 Å². The van der Waals surface area contributed by atoms with E-state index in [2.05, 4.69) is 20.8 Å². The first-order valence-electron chi connectivity index (χ1n) is 17.1. The van der Waals surface area contributed by atoms with Crippen LogP contribution >= 0.6 is 0 Å². The molecule has 0 atom stereocenters. The quantitative estimate of drug-likeness (QED) is 0.139. The maximum absolute atomic E-state index is 7.67. The summed E-state index contributed by atoms with van der Waals surface area (Å²) in [5.74, 6) is 4.63. The van der Waals surface area contributed by atoms with Crippen molar-refractivity contribution in [2.24, 2.45) is 35.5 Å². The Morgan fingerprint density at radius 3 is 0.811 bits per heavy atom. The molecule has 210 valence electrons. The number of hydrogen-bond acceptors (Lipinski definition) is 3. The standard InChI is InChI=1S/3C11H19O.Al/c3*1-2-3-8-11(12,9-4-5-9)10-6-7-10;/h3*9-10H,2-8H2,1H3;/q3*-1;+3. The molecule has 0 N–H and O–H groups in total. The summed E-state index contributed by atoms with van der Waals surface area (Å²) in [6.07, 6.45) is 28.0. The summed E-state index contributed by atoms with van der Waals surface area (Å²) in [5.41, 5.74) is 0.209. The minimum atomic E-state index is -2.33. The fourth-order valence-corrected chi connectivity index (χ4v) is 11.1. The van der Waals surface area contributed by atoms with Crippen molar-refractivity contribution in [3.05, 3.63) is 0 Å². The van der Waals surface area contributed by atoms with Gasteiger partial charge in [-0.1, -0.05) is 59.3 Å². The smallest absolute Gasteiger partial charge is 0.449 e. The second-order valence-corrected chi connectivity index (χ2v) is 15.7. The lowest BCUT2D eigenvalue weighted by Gasteiger charge is -2.45. The van der Waals surface area contributed by atoms with Crippen molar-refractivity contribution in [1.82, 2.24) is 0 Å². The van der Waals surface area contributed by atoms with Crippen molar-refractivity contribution in [1.29, 1.82) is 0 Å². The summed E-state index contributed by atoms with van der Waals surface area (Å²) in [7, 11) is 0. The van der Waals surface area contributed by atoms with Gasteiger partial charge in [0.15, 0.2) is 0 Å². The van der Waals surface area contributed by atoms with E-state index >= 15 is 0 Å². The van der Waals surface area contributed by atoms with Crippen molar-refractivity contribution in [3.8, 4) is 0 Å². The summed E-state index contributed by atoms with van der Waals surface area (Å²) in [6.45, 7) is 7.08. The van der Waals surface area contributed by atoms with Gasteiger partial charge in [0.25, 0.3) is 0 Å². The molecular weight excluding hydrogens is 471 g/mol. The highest BCUT2D eigenvalue weighted by Crippen LogP contribution is 2.61. The van der Waals surface area contributed by atoms with Gasteiger partial charge in [-0.3, -0.25) is 0 Å². The molecule has 0 aliphatic heterocycles. The van der Waals surface area contributed by atoms with Crippen LogP contribution in [-0.4, -0.2) is 32.0 Å². The lowest BCUT2D eigenvalue weighted by atomic mass is 9.86. The molecule has 0 heterocycles. The SMILES string of the molecule is CCCCC([O][Al]([O]C(CCCC)(C1CC1)C1CC1)[O]C(CCCC)(C1CC1)C1CC1)(C1CC1)C1CC1. The van der Waals surface area contributed by atoms with Crippen LogP contribution in [-0.2, 0) is 11.4 Å². The summed E-state index contributed by atoms with van der Waals surface area (Å²) < 4.78 is 23.0. The molecule has 0 saturated heterocycles. The molecule has 0 aromatic rings. The third-order valence-corrected chi connectivity index (χ3v) is 13.2. The molecule has 3 nitrogen and oxygen atoms in total. The van der Waals surface area contributed by atoms with Crippen LogP contribution in [0, 0.1) is 35.5 Å². The van der Waals surface area contributed by atoms with Gasteiger partial charge in [-0.05, 0) is 132 Å². The molecule has 6 fully saturated rings. The highest BCUT2D eigenvalue weighted by Gasteiger charge is 2.65. The van der Waals surface area contributed by atoms with Crippen LogP contribution in [0.3, 0.4) is 0 Å². The van der Waals surface area contributed by atoms with E-state index in [4.69, 9.17) is 11.4 Å². The average molecular weight is 529 g/mol. The van der Waals surface area contributed by atoms with Crippen LogP contribution in [0.25, 0.3) is 0 Å². The molecular formula is C33H57AlO3. The molecule has 0 aromatic heterocycles. The third-order valence-electron chi connectivity index (χ3n) is 11.3. The van der Waals surface area contributed by atoms with Gasteiger partial charge in [-0.15, -0.1) is 0 Å². The molecule has 6 saturated carbocycles. The Kier molecular flexibility index (Phi) is 8.46. The zero-order valence-electron chi connectivity index (χ0n) is 24.6. The lowest BCUT2D eigenvalue weighted by Crippen LogP contribution is -2.55. The Morgan fingerprint density at radius 2 is 0.649 bits per heavy atom. The Bertz CT molecular complexity index is 609. The molecule has 6 aliphatic rings. The largest absolute Gasteiger partial charge is 0.906 e. The first kappa shape index (κ1) is 27.6. The number of rotatable bonds is 21. The highest BCUT2D eigenvalue weighted by molar-refractivity contribution is 6.37. The minimum absolute atomic E-state index is 0.0695. The van der Waals surface area contributed by atoms with E-state index in [1.54, 1.807) is 0 Å². The van der Waals surface area contributed by atoms with Gasteiger partial charge in [-0.2, -0.15) is 0 Å². The predicted octanol–water partition coefficient (Wildman–Crippen LogP) is 9.27. The Morgan fingerprint density at radius 1 is 0.432 bits per heavy atom. The van der Waals surface area contributed by atoms with E-state index in [9.17, 15) is 0 Å². The number of unbranched alkanes of at least 4 members (excludes halogenated alkanes) is 3. The van der Waals surface area contributed by atoms with Crippen molar-refractivity contribution in [3.63, 3.8) is 0 Å². The zero-order chi connectivity index (χ0) is 25.5. The lowest BCUT2D eigenvalue weighted by molar-refractivity contribution is -0.131. The van der Waals surface area contributed by atoms with Crippen LogP contribution in [0.5, 0.6) is 0 Å². The third kappa shape index (κ3) is 6.05. The van der Waals surface area contributed by atoms with Crippen molar-refractivity contribution in [2.75, 3.05) is 0 Å². The first-order chi connectivity index (χ1) is 18.1. The highest BCUT2D eigenvalue weighted by atomic mass is 27.3. The predicted molar refractivity (Wildman–Crippen MR) is 152 cm³/mol. The fourth-order valence-electron chi connectivity index (χ4n) is 8.38. The minimum Gasteiger partial charge on any atom is -0.449 e. The fraction of sp³-hybridized carbons (Fsp3) is 1.00. The van der Waals surface area contributed by atoms with Gasteiger partial charge in [0.2, 0.25) is 0 Å². The first-order valence-corrected chi connectivity index (χ1v) is 18.5. The topological polar surface area (TPSA) is 27.7 Å². The Hall–Kier alpha value is 0.412. The van der Waals surface area contributed by atoms with Crippen molar-refractivity contribution in [2.45, 2.75) is 172 Å². The molecule has 0 radical (unpaired) electrons. The van der Waals surface area contributed by atoms with Crippen molar-refractivity contribution < 1.29 is 11.4 Å². The monoisotopic (exact) mass is 528 g/mol. The maximum atomic E-state index is 7.67. The van der Waals surface area contributed by atoms with Gasteiger partial charge in [-0.25, -0.2) is 0 Å². The van der Waals surface area contributed by atoms with Gasteiger partial charge in [0, 0.05) is 16.8 Å². The molecule has 4 heteroatoms. The van der Waals surface area contributed by atoms with E-state index in [1.807, 2.05) is 0 Å². The Balaban J connectivity index is 1.32.